The van der Waals surface area contributed by atoms with Crippen molar-refractivity contribution in [3.05, 3.63) is 29.8 Å². The molecule has 1 amide bonds. The van der Waals surface area contributed by atoms with E-state index < -0.39 is 5.54 Å². The van der Waals surface area contributed by atoms with Crippen LogP contribution >= 0.6 is 0 Å². The first kappa shape index (κ1) is 14.4. The first-order valence-electron chi connectivity index (χ1n) is 6.48. The Balaban J connectivity index is 2.18. The standard InChI is InChI=1S/C15H19NO4/c1-10-13(17)16(15(10,2)14(18)20-4)9-11-5-7-12(19-3)8-6-11/h5-8,10H,9H2,1-4H3/t10-,15+/m1/s1. The Morgan fingerprint density at radius 1 is 1.30 bits per heavy atom. The number of methoxy groups -OCH3 is 2. The third-order valence-corrected chi connectivity index (χ3v) is 4.14. The molecule has 1 aromatic carbocycles. The van der Waals surface area contributed by atoms with Crippen molar-refractivity contribution in [1.29, 1.82) is 0 Å². The Morgan fingerprint density at radius 2 is 1.90 bits per heavy atom. The van der Waals surface area contributed by atoms with Gasteiger partial charge in [0.2, 0.25) is 5.91 Å². The number of likely N-dealkylation sites (tertiary alicyclic amines) is 1. The molecule has 5 heteroatoms. The monoisotopic (exact) mass is 277 g/mol. The maximum absolute atomic E-state index is 12.0. The summed E-state index contributed by atoms with van der Waals surface area (Å²) in [7, 11) is 2.94. The lowest BCUT2D eigenvalue weighted by atomic mass is 9.75. The van der Waals surface area contributed by atoms with E-state index in [1.165, 1.54) is 7.11 Å². The number of hydrogen-bond donors (Lipinski definition) is 0. The van der Waals surface area contributed by atoms with Gasteiger partial charge < -0.3 is 14.4 Å². The highest BCUT2D eigenvalue weighted by molar-refractivity contribution is 6.00. The molecular weight excluding hydrogens is 258 g/mol. The first-order valence-corrected chi connectivity index (χ1v) is 6.48. The lowest BCUT2D eigenvalue weighted by Gasteiger charge is -2.52. The first-order chi connectivity index (χ1) is 9.44. The summed E-state index contributed by atoms with van der Waals surface area (Å²) >= 11 is 0. The van der Waals surface area contributed by atoms with Gasteiger partial charge in [0, 0.05) is 6.54 Å². The maximum Gasteiger partial charge on any atom is 0.332 e. The predicted octanol–water partition coefficient (Wildman–Crippen LogP) is 1.61. The van der Waals surface area contributed by atoms with Gasteiger partial charge >= 0.3 is 5.97 Å². The molecule has 20 heavy (non-hydrogen) atoms. The highest BCUT2D eigenvalue weighted by Crippen LogP contribution is 2.39. The van der Waals surface area contributed by atoms with Crippen LogP contribution in [0.25, 0.3) is 0 Å². The number of rotatable bonds is 4. The minimum absolute atomic E-state index is 0.0336. The Labute approximate surface area is 118 Å². The molecule has 2 atom stereocenters. The zero-order valence-corrected chi connectivity index (χ0v) is 12.2. The molecule has 108 valence electrons. The molecule has 0 aliphatic carbocycles. The molecule has 0 aromatic heterocycles. The van der Waals surface area contributed by atoms with Crippen molar-refractivity contribution in [1.82, 2.24) is 4.90 Å². The minimum Gasteiger partial charge on any atom is -0.497 e. The number of nitrogens with zero attached hydrogens (tertiary/aromatic N) is 1. The summed E-state index contributed by atoms with van der Waals surface area (Å²) < 4.78 is 9.92. The topological polar surface area (TPSA) is 55.8 Å². The zero-order chi connectivity index (χ0) is 14.9. The van der Waals surface area contributed by atoms with Gasteiger partial charge in [-0.2, -0.15) is 0 Å². The summed E-state index contributed by atoms with van der Waals surface area (Å²) in [5, 5.41) is 0. The number of amides is 1. The molecular formula is C15H19NO4. The van der Waals surface area contributed by atoms with E-state index in [4.69, 9.17) is 9.47 Å². The highest BCUT2D eigenvalue weighted by atomic mass is 16.5. The Morgan fingerprint density at radius 3 is 2.40 bits per heavy atom. The molecule has 0 radical (unpaired) electrons. The third kappa shape index (κ3) is 2.03. The quantitative estimate of drug-likeness (QED) is 0.619. The van der Waals surface area contributed by atoms with E-state index >= 15 is 0 Å². The summed E-state index contributed by atoms with van der Waals surface area (Å²) in [5.74, 6) is -0.00666. The van der Waals surface area contributed by atoms with Crippen LogP contribution in [0, 0.1) is 5.92 Å². The summed E-state index contributed by atoms with van der Waals surface area (Å²) in [6.45, 7) is 3.89. The average molecular weight is 277 g/mol. The molecule has 0 bridgehead atoms. The van der Waals surface area contributed by atoms with E-state index in [9.17, 15) is 9.59 Å². The fourth-order valence-electron chi connectivity index (χ4n) is 2.52. The molecule has 0 N–H and O–H groups in total. The summed E-state index contributed by atoms with van der Waals surface area (Å²) in [6, 6.07) is 7.43. The lowest BCUT2D eigenvalue weighted by Crippen LogP contribution is -2.71. The summed E-state index contributed by atoms with van der Waals surface area (Å²) in [6.07, 6.45) is 0. The van der Waals surface area contributed by atoms with Crippen LogP contribution in [0.5, 0.6) is 5.75 Å². The van der Waals surface area contributed by atoms with Crippen molar-refractivity contribution in [3.63, 3.8) is 0 Å². The highest BCUT2D eigenvalue weighted by Gasteiger charge is 2.60. The summed E-state index contributed by atoms with van der Waals surface area (Å²) in [5.41, 5.74) is 0.0624. The summed E-state index contributed by atoms with van der Waals surface area (Å²) in [4.78, 5) is 25.5. The number of β-lactam (4-membered cyclic amide) rings is 1. The van der Waals surface area contributed by atoms with E-state index in [1.54, 1.807) is 25.9 Å². The number of hydrogen-bond acceptors (Lipinski definition) is 4. The van der Waals surface area contributed by atoms with Crippen LogP contribution in [0.2, 0.25) is 0 Å². The molecule has 1 saturated heterocycles. The molecule has 0 spiro atoms. The van der Waals surface area contributed by atoms with Crippen molar-refractivity contribution in [3.8, 4) is 5.75 Å². The molecule has 1 aliphatic rings. The molecule has 1 heterocycles. The molecule has 0 unspecified atom stereocenters. The lowest BCUT2D eigenvalue weighted by molar-refractivity contribution is -0.187. The molecule has 1 aliphatic heterocycles. The van der Waals surface area contributed by atoms with E-state index in [-0.39, 0.29) is 17.8 Å². The second-order valence-electron chi connectivity index (χ2n) is 5.13. The van der Waals surface area contributed by atoms with Crippen LogP contribution < -0.4 is 4.74 Å². The van der Waals surface area contributed by atoms with Crippen LogP contribution in [0.15, 0.2) is 24.3 Å². The smallest absolute Gasteiger partial charge is 0.332 e. The van der Waals surface area contributed by atoms with Gasteiger partial charge in [-0.1, -0.05) is 19.1 Å². The van der Waals surface area contributed by atoms with Gasteiger partial charge in [0.1, 0.15) is 11.3 Å². The van der Waals surface area contributed by atoms with Crippen molar-refractivity contribution in [2.45, 2.75) is 25.9 Å². The fraction of sp³-hybridized carbons (Fsp3) is 0.467. The molecule has 0 saturated carbocycles. The maximum atomic E-state index is 12.0. The van der Waals surface area contributed by atoms with Gasteiger partial charge in [0.25, 0.3) is 0 Å². The second-order valence-corrected chi connectivity index (χ2v) is 5.13. The number of carbonyl (C=O) groups excluding carboxylic acids is 2. The number of ether oxygens (including phenoxy) is 2. The Hall–Kier alpha value is -2.04. The second kappa shape index (κ2) is 5.15. The van der Waals surface area contributed by atoms with E-state index in [2.05, 4.69) is 0 Å². The fourth-order valence-corrected chi connectivity index (χ4v) is 2.52. The normalized spacial score (nSPS) is 25.1. The van der Waals surface area contributed by atoms with E-state index in [0.717, 1.165) is 11.3 Å². The van der Waals surface area contributed by atoms with Crippen LogP contribution in [-0.2, 0) is 20.9 Å². The molecule has 5 nitrogen and oxygen atoms in total. The van der Waals surface area contributed by atoms with E-state index in [1.807, 2.05) is 24.3 Å². The molecule has 1 aromatic rings. The van der Waals surface area contributed by atoms with Crippen LogP contribution in [0.1, 0.15) is 19.4 Å². The van der Waals surface area contributed by atoms with Gasteiger partial charge in [0.15, 0.2) is 0 Å². The van der Waals surface area contributed by atoms with E-state index in [0.29, 0.717) is 6.54 Å². The van der Waals surface area contributed by atoms with Crippen LogP contribution in [0.4, 0.5) is 0 Å². The SMILES string of the molecule is COC(=O)[C@]1(C)[C@H](C)C(=O)N1Cc1ccc(OC)cc1. The zero-order valence-electron chi connectivity index (χ0n) is 12.2. The van der Waals surface area contributed by atoms with Crippen molar-refractivity contribution < 1.29 is 19.1 Å². The predicted molar refractivity (Wildman–Crippen MR) is 73.1 cm³/mol. The number of benzene rings is 1. The average Bonchev–Trinajstić information content (AvgIpc) is 2.50. The van der Waals surface area contributed by atoms with Gasteiger partial charge in [-0.15, -0.1) is 0 Å². The van der Waals surface area contributed by atoms with Crippen molar-refractivity contribution >= 4 is 11.9 Å². The van der Waals surface area contributed by atoms with Crippen LogP contribution in [-0.4, -0.2) is 36.5 Å². The Kier molecular flexibility index (Phi) is 3.70. The third-order valence-electron chi connectivity index (χ3n) is 4.14. The Bertz CT molecular complexity index is 525. The van der Waals surface area contributed by atoms with Gasteiger partial charge in [-0.25, -0.2) is 4.79 Å². The number of carbonyl (C=O) groups is 2. The van der Waals surface area contributed by atoms with Crippen molar-refractivity contribution in [2.75, 3.05) is 14.2 Å². The largest absolute Gasteiger partial charge is 0.497 e. The van der Waals surface area contributed by atoms with Crippen molar-refractivity contribution in [2.24, 2.45) is 5.92 Å². The van der Waals surface area contributed by atoms with Gasteiger partial charge in [-0.05, 0) is 24.6 Å². The number of esters is 1. The molecule has 2 rings (SSSR count). The molecule has 1 fully saturated rings. The minimum atomic E-state index is -0.883. The van der Waals surface area contributed by atoms with Gasteiger partial charge in [0.05, 0.1) is 20.1 Å². The van der Waals surface area contributed by atoms with Crippen LogP contribution in [0.3, 0.4) is 0 Å². The van der Waals surface area contributed by atoms with Gasteiger partial charge in [-0.3, -0.25) is 4.79 Å².